The van der Waals surface area contributed by atoms with E-state index in [9.17, 15) is 15.0 Å². The van der Waals surface area contributed by atoms with Crippen molar-refractivity contribution < 1.29 is 34.0 Å². The molecule has 0 bridgehead atoms. The quantitative estimate of drug-likeness (QED) is 0.493. The van der Waals surface area contributed by atoms with Gasteiger partial charge in [-0.25, -0.2) is 4.79 Å². The Morgan fingerprint density at radius 3 is 2.67 bits per heavy atom. The van der Waals surface area contributed by atoms with E-state index in [0.29, 0.717) is 18.4 Å². The summed E-state index contributed by atoms with van der Waals surface area (Å²) in [4.78, 5) is 12.1. The molecule has 4 heterocycles. The Hall–Kier alpha value is -0.990. The highest BCUT2D eigenvalue weighted by Gasteiger charge is 3.00. The molecule has 0 amide bonds. The molecule has 0 radical (unpaired) electrons. The molecule has 7 nitrogen and oxygen atoms in total. The number of fused-ring (bicyclic) bond motifs is 4. The maximum atomic E-state index is 12.1. The molecule has 3 saturated heterocycles. The van der Waals surface area contributed by atoms with Gasteiger partial charge in [-0.2, -0.15) is 0 Å². The first-order valence-electron chi connectivity index (χ1n) is 10.1. The van der Waals surface area contributed by atoms with Gasteiger partial charge in [-0.15, -0.1) is 0 Å². The number of aliphatic hydroxyl groups excluding tert-OH is 2. The highest BCUT2D eigenvalue weighted by atomic mass is 16.7. The summed E-state index contributed by atoms with van der Waals surface area (Å²) in [5.74, 6) is -0.186. The molecule has 2 N–H and O–H groups in total. The number of cyclic esters (lactones) is 1. The summed E-state index contributed by atoms with van der Waals surface area (Å²) >= 11 is 0. The summed E-state index contributed by atoms with van der Waals surface area (Å²) in [6.45, 7) is 6.51. The van der Waals surface area contributed by atoms with Gasteiger partial charge < -0.3 is 29.2 Å². The van der Waals surface area contributed by atoms with Crippen molar-refractivity contribution >= 4 is 5.97 Å². The minimum Gasteiger partial charge on any atom is -0.458 e. The lowest BCUT2D eigenvalue weighted by molar-refractivity contribution is -0.137. The lowest BCUT2D eigenvalue weighted by Crippen LogP contribution is -2.69. The van der Waals surface area contributed by atoms with Crippen LogP contribution in [0.3, 0.4) is 0 Å². The zero-order chi connectivity index (χ0) is 18.7. The molecule has 0 aromatic rings. The van der Waals surface area contributed by atoms with Gasteiger partial charge in [-0.05, 0) is 30.3 Å². The second-order valence-corrected chi connectivity index (χ2v) is 10.1. The first-order valence-corrected chi connectivity index (χ1v) is 10.1. The van der Waals surface area contributed by atoms with Crippen LogP contribution in [0.5, 0.6) is 0 Å². The van der Waals surface area contributed by atoms with Crippen LogP contribution in [0, 0.1) is 17.3 Å². The molecule has 2 spiro atoms. The predicted octanol–water partition coefficient (Wildman–Crippen LogP) is 0.0739. The van der Waals surface area contributed by atoms with Crippen LogP contribution in [0.1, 0.15) is 33.6 Å². The number of epoxide rings is 3. The Morgan fingerprint density at radius 2 is 1.93 bits per heavy atom. The average Bonchev–Trinajstić information content (AvgIpc) is 3.48. The Kier molecular flexibility index (Phi) is 2.35. The Labute approximate surface area is 156 Å². The van der Waals surface area contributed by atoms with Gasteiger partial charge in [-0.1, -0.05) is 20.8 Å². The topological polar surface area (TPSA) is 104 Å². The van der Waals surface area contributed by atoms with Crippen LogP contribution in [0.4, 0.5) is 0 Å². The summed E-state index contributed by atoms with van der Waals surface area (Å²) in [6.07, 6.45) is -0.861. The van der Waals surface area contributed by atoms with Gasteiger partial charge in [0.15, 0.2) is 5.60 Å². The third-order valence-corrected chi connectivity index (χ3v) is 9.09. The highest BCUT2D eigenvalue weighted by Crippen LogP contribution is 2.82. The van der Waals surface area contributed by atoms with E-state index in [1.807, 2.05) is 0 Å². The number of carbonyl (C=O) groups excluding carboxylic acids is 1. The maximum absolute atomic E-state index is 12.1. The number of esters is 1. The molecule has 2 saturated carbocycles. The molecule has 27 heavy (non-hydrogen) atoms. The molecule has 4 aliphatic heterocycles. The molecule has 7 rings (SSSR count). The van der Waals surface area contributed by atoms with Gasteiger partial charge in [0.1, 0.15) is 36.1 Å². The number of ether oxygens (including phenoxy) is 4. The molecule has 0 unspecified atom stereocenters. The predicted molar refractivity (Wildman–Crippen MR) is 88.5 cm³/mol. The fourth-order valence-electron chi connectivity index (χ4n) is 7.80. The van der Waals surface area contributed by atoms with Gasteiger partial charge in [-0.3, -0.25) is 0 Å². The molecular formula is C20H24O7. The monoisotopic (exact) mass is 376 g/mol. The Balaban J connectivity index is 1.40. The average molecular weight is 376 g/mol. The van der Waals surface area contributed by atoms with Crippen molar-refractivity contribution in [1.29, 1.82) is 0 Å². The summed E-state index contributed by atoms with van der Waals surface area (Å²) in [6, 6.07) is 0. The van der Waals surface area contributed by atoms with Crippen molar-refractivity contribution in [3.63, 3.8) is 0 Å². The molecule has 7 heteroatoms. The van der Waals surface area contributed by atoms with Crippen LogP contribution >= 0.6 is 0 Å². The van der Waals surface area contributed by atoms with E-state index in [2.05, 4.69) is 20.8 Å². The highest BCUT2D eigenvalue weighted by molar-refractivity contribution is 5.93. The first-order chi connectivity index (χ1) is 12.8. The lowest BCUT2D eigenvalue weighted by Gasteiger charge is -2.54. The summed E-state index contributed by atoms with van der Waals surface area (Å²) in [5.41, 5.74) is -1.12. The van der Waals surface area contributed by atoms with Gasteiger partial charge in [0.05, 0.1) is 17.8 Å². The number of aliphatic hydroxyl groups is 2. The Morgan fingerprint density at radius 1 is 1.15 bits per heavy atom. The van der Waals surface area contributed by atoms with Crippen molar-refractivity contribution in [3.05, 3.63) is 11.1 Å². The zero-order valence-corrected chi connectivity index (χ0v) is 15.6. The van der Waals surface area contributed by atoms with Crippen LogP contribution in [0.15, 0.2) is 11.1 Å². The largest absolute Gasteiger partial charge is 0.458 e. The molecule has 0 aromatic heterocycles. The summed E-state index contributed by atoms with van der Waals surface area (Å²) in [5, 5.41) is 22.3. The van der Waals surface area contributed by atoms with Gasteiger partial charge in [0.2, 0.25) is 0 Å². The minimum absolute atomic E-state index is 0.0467. The van der Waals surface area contributed by atoms with Crippen molar-refractivity contribution in [2.75, 3.05) is 6.61 Å². The van der Waals surface area contributed by atoms with Gasteiger partial charge in [0.25, 0.3) is 0 Å². The number of hydrogen-bond acceptors (Lipinski definition) is 7. The zero-order valence-electron chi connectivity index (χ0n) is 15.6. The molecule has 146 valence electrons. The van der Waals surface area contributed by atoms with E-state index in [0.717, 1.165) is 5.57 Å². The van der Waals surface area contributed by atoms with Gasteiger partial charge in [0, 0.05) is 5.41 Å². The second kappa shape index (κ2) is 4.00. The van der Waals surface area contributed by atoms with E-state index in [4.69, 9.17) is 18.9 Å². The van der Waals surface area contributed by atoms with Crippen molar-refractivity contribution in [2.45, 2.75) is 80.9 Å². The molecule has 3 aliphatic carbocycles. The van der Waals surface area contributed by atoms with Crippen molar-refractivity contribution in [1.82, 2.24) is 0 Å². The smallest absolute Gasteiger partial charge is 0.337 e. The second-order valence-electron chi connectivity index (χ2n) is 10.1. The fourth-order valence-corrected chi connectivity index (χ4v) is 7.80. The van der Waals surface area contributed by atoms with E-state index in [-0.39, 0.29) is 36.8 Å². The summed E-state index contributed by atoms with van der Waals surface area (Å²) < 4.78 is 24.1. The van der Waals surface area contributed by atoms with E-state index >= 15 is 0 Å². The number of carbonyl (C=O) groups is 1. The van der Waals surface area contributed by atoms with Crippen molar-refractivity contribution in [2.24, 2.45) is 17.3 Å². The molecule has 7 aliphatic rings. The molecule has 10 atom stereocenters. The van der Waals surface area contributed by atoms with E-state index in [1.165, 1.54) is 0 Å². The molecule has 0 aromatic carbocycles. The van der Waals surface area contributed by atoms with Crippen LogP contribution in [-0.4, -0.2) is 70.1 Å². The molecular weight excluding hydrogens is 352 g/mol. The normalized spacial score (nSPS) is 64.0. The van der Waals surface area contributed by atoms with Crippen LogP contribution < -0.4 is 0 Å². The maximum Gasteiger partial charge on any atom is 0.337 e. The third-order valence-electron chi connectivity index (χ3n) is 9.09. The van der Waals surface area contributed by atoms with Gasteiger partial charge >= 0.3 is 5.97 Å². The number of rotatable bonds is 1. The SMILES string of the molecule is CC(C)[C@]12O[C@H]1[C@@H]1O[C@@]13[C@]1(O[C@H]1C[C@H]1C4=C(C(=O)OC4)[C@@H](O)C[C@@]13C)[C@@H]2O. The standard InChI is InChI=1S/C20H24O7/c1-7(2)18-13(26-18)14-20(27-14)17(3)5-10(21)12-8(6-24-15(12)22)9(17)4-11-19(20,25-11)16(18)23/h7,9-11,13-14,16,21,23H,4-6H2,1-3H3/t9-,10-,11-,13-,14-,16+,17-,18-,19+,20-/m0/s1. The lowest BCUT2D eigenvalue weighted by atomic mass is 9.46. The van der Waals surface area contributed by atoms with Crippen LogP contribution in [-0.2, 0) is 23.7 Å². The van der Waals surface area contributed by atoms with Crippen LogP contribution in [0.2, 0.25) is 0 Å². The van der Waals surface area contributed by atoms with Crippen LogP contribution in [0.25, 0.3) is 0 Å². The van der Waals surface area contributed by atoms with Crippen molar-refractivity contribution in [3.8, 4) is 0 Å². The first kappa shape index (κ1) is 15.9. The Bertz CT molecular complexity index is 851. The van der Waals surface area contributed by atoms with E-state index in [1.54, 1.807) is 0 Å². The summed E-state index contributed by atoms with van der Waals surface area (Å²) in [7, 11) is 0. The van der Waals surface area contributed by atoms with E-state index < -0.39 is 40.4 Å². The fraction of sp³-hybridized carbons (Fsp3) is 0.850. The third kappa shape index (κ3) is 1.27. The minimum atomic E-state index is -0.864. The number of hydrogen-bond donors (Lipinski definition) is 2. The molecule has 5 fully saturated rings.